The number of hydrogen-bond donors (Lipinski definition) is 0. The molecule has 0 radical (unpaired) electrons. The smallest absolute Gasteiger partial charge is 0 e. The molecule has 0 aromatic rings. The van der Waals surface area contributed by atoms with E-state index in [1.165, 1.54) is 0 Å². The zero-order valence-corrected chi connectivity index (χ0v) is 9.08. The maximum atomic E-state index is 0. The van der Waals surface area contributed by atoms with Crippen LogP contribution in [0.4, 0.5) is 0 Å². The fraction of sp³-hybridized carbons (Fsp3) is 1.00. The average molecular weight is 467 g/mol. The summed E-state index contributed by atoms with van der Waals surface area (Å²) in [5, 5.41) is 0. The van der Waals surface area contributed by atoms with E-state index in [4.69, 9.17) is 0 Å². The minimum Gasteiger partial charge on any atom is -0.0776 e. The normalized spacial score (nSPS) is 0. The van der Waals surface area contributed by atoms with Crippen LogP contribution >= 0.6 is 0 Å². The van der Waals surface area contributed by atoms with Crippen LogP contribution in [0.2, 0.25) is 0 Å². The van der Waals surface area contributed by atoms with Crippen LogP contribution < -0.4 is 0 Å². The van der Waals surface area contributed by atoms with Crippen LogP contribution in [0.5, 0.6) is 0 Å². The predicted molar refractivity (Wildman–Crippen MR) is 6.73 cm³/mol. The summed E-state index contributed by atoms with van der Waals surface area (Å²) < 4.78 is 0. The zero-order valence-electron chi connectivity index (χ0n) is 1.22. The van der Waals surface area contributed by atoms with Crippen molar-refractivity contribution in [3.8, 4) is 0 Å². The van der Waals surface area contributed by atoms with Gasteiger partial charge in [0.2, 0.25) is 0 Å². The van der Waals surface area contributed by atoms with Gasteiger partial charge in [-0.3, -0.25) is 0 Å². The second-order valence-corrected chi connectivity index (χ2v) is 0. The number of hydrogen-bond acceptors (Lipinski definition) is 0. The van der Waals surface area contributed by atoms with Crippen molar-refractivity contribution in [2.24, 2.45) is 0 Å². The first kappa shape index (κ1) is 24.5. The maximum Gasteiger partial charge on any atom is 0 e. The third-order valence-electron chi connectivity index (χ3n) is 0. The fourth-order valence-corrected chi connectivity index (χ4v) is 0. The fourth-order valence-electron chi connectivity index (χ4n) is 0. The van der Waals surface area contributed by atoms with Crippen molar-refractivity contribution >= 4 is 0 Å². The van der Waals surface area contributed by atoms with Crippen LogP contribution in [0.15, 0.2) is 0 Å². The van der Waals surface area contributed by atoms with Crippen LogP contribution in [-0.4, -0.2) is 0 Å². The molecule has 0 bridgehead atoms. The van der Waals surface area contributed by atoms with Crippen LogP contribution in [-0.2, 0) is 0 Å². The van der Waals surface area contributed by atoms with E-state index >= 15 is 0 Å². The van der Waals surface area contributed by atoms with Crippen molar-refractivity contribution in [3.05, 3.63) is 0 Å². The predicted octanol–water partition coefficient (Wildman–Crippen LogP) is 0.636. The molecule has 0 N–H and O–H groups in total. The summed E-state index contributed by atoms with van der Waals surface area (Å²) in [7, 11) is 0. The molecule has 0 unspecified atom stereocenters. The summed E-state index contributed by atoms with van der Waals surface area (Å²) in [5.74, 6) is 0. The molecule has 0 nitrogen and oxygen atoms in total. The average Bonchev–Trinajstić information content (AvgIpc) is 0. The SMILES string of the molecule is C.[Sm].[Sm].[Sm]. The molecule has 4 heavy (non-hydrogen) atoms. The molecular weight excluding hydrogens is 463 g/mol. The van der Waals surface area contributed by atoms with Gasteiger partial charge in [-0.05, 0) is 0 Å². The summed E-state index contributed by atoms with van der Waals surface area (Å²) in [6, 6.07) is 0. The van der Waals surface area contributed by atoms with Crippen LogP contribution in [0.1, 0.15) is 7.43 Å². The van der Waals surface area contributed by atoms with Gasteiger partial charge < -0.3 is 0 Å². The molecule has 0 atom stereocenters. The van der Waals surface area contributed by atoms with Gasteiger partial charge in [-0.1, -0.05) is 7.43 Å². The van der Waals surface area contributed by atoms with Crippen molar-refractivity contribution < 1.29 is 121 Å². The van der Waals surface area contributed by atoms with Gasteiger partial charge in [-0.25, -0.2) is 0 Å². The largest absolute Gasteiger partial charge is 0.0776 e. The zero-order chi connectivity index (χ0) is 0. The molecule has 0 aliphatic heterocycles. The van der Waals surface area contributed by atoms with E-state index in [2.05, 4.69) is 0 Å². The molecule has 0 rings (SSSR count). The molecule has 0 saturated heterocycles. The molecule has 0 amide bonds. The van der Waals surface area contributed by atoms with Gasteiger partial charge in [0.25, 0.3) is 0 Å². The Labute approximate surface area is 125 Å². The van der Waals surface area contributed by atoms with Gasteiger partial charge in [-0.2, -0.15) is 0 Å². The van der Waals surface area contributed by atoms with Crippen molar-refractivity contribution in [1.82, 2.24) is 0 Å². The Balaban J connectivity index is 0. The second kappa shape index (κ2) is 15.7. The first-order valence-corrected chi connectivity index (χ1v) is 0. The van der Waals surface area contributed by atoms with E-state index < -0.39 is 0 Å². The van der Waals surface area contributed by atoms with Crippen LogP contribution in [0.25, 0.3) is 0 Å². The summed E-state index contributed by atoms with van der Waals surface area (Å²) in [4.78, 5) is 0. The monoisotopic (exact) mass is 472 g/mol. The molecule has 0 aromatic carbocycles. The Morgan fingerprint density at radius 1 is 0.500 bits per heavy atom. The van der Waals surface area contributed by atoms with E-state index in [1.54, 1.807) is 0 Å². The summed E-state index contributed by atoms with van der Waals surface area (Å²) in [6.45, 7) is 0. The van der Waals surface area contributed by atoms with Gasteiger partial charge in [0.05, 0.1) is 0 Å². The molecule has 0 aromatic heterocycles. The molecule has 0 heterocycles. The van der Waals surface area contributed by atoms with Gasteiger partial charge in [0.15, 0.2) is 0 Å². The molecule has 0 saturated carbocycles. The molecular formula is CH4Sm3. The van der Waals surface area contributed by atoms with E-state index in [0.29, 0.717) is 0 Å². The van der Waals surface area contributed by atoms with E-state index in [1.807, 2.05) is 0 Å². The quantitative estimate of drug-likeness (QED) is 0.491. The van der Waals surface area contributed by atoms with Gasteiger partial charge >= 0.3 is 0 Å². The molecule has 26 valence electrons. The van der Waals surface area contributed by atoms with Crippen molar-refractivity contribution in [1.29, 1.82) is 0 Å². The molecule has 0 aliphatic carbocycles. The van der Waals surface area contributed by atoms with Gasteiger partial charge in [-0.15, -0.1) is 0 Å². The molecule has 0 fully saturated rings. The Bertz CT molecular complexity index is 3.25. The summed E-state index contributed by atoms with van der Waals surface area (Å²) in [5.41, 5.74) is 0. The Morgan fingerprint density at radius 3 is 0.500 bits per heavy atom. The van der Waals surface area contributed by atoms with Crippen molar-refractivity contribution in [3.63, 3.8) is 0 Å². The Hall–Kier alpha value is 4.01. The summed E-state index contributed by atoms with van der Waals surface area (Å²) in [6.07, 6.45) is 0. The van der Waals surface area contributed by atoms with Gasteiger partial charge in [0, 0.05) is 121 Å². The second-order valence-electron chi connectivity index (χ2n) is 0. The van der Waals surface area contributed by atoms with Crippen LogP contribution in [0, 0.1) is 121 Å². The minimum atomic E-state index is 0. The van der Waals surface area contributed by atoms with E-state index in [9.17, 15) is 0 Å². The minimum absolute atomic E-state index is 0. The summed E-state index contributed by atoms with van der Waals surface area (Å²) >= 11 is 0. The third-order valence-corrected chi connectivity index (χ3v) is 0. The van der Waals surface area contributed by atoms with Gasteiger partial charge in [0.1, 0.15) is 0 Å². The van der Waals surface area contributed by atoms with Crippen molar-refractivity contribution in [2.45, 2.75) is 7.43 Å². The molecule has 3 heteroatoms. The molecule has 0 aliphatic rings. The molecule has 0 spiro atoms. The van der Waals surface area contributed by atoms with E-state index in [0.717, 1.165) is 0 Å². The Kier molecular flexibility index (Phi) is 96.3. The van der Waals surface area contributed by atoms with E-state index in [-0.39, 0.29) is 129 Å². The first-order valence-electron chi connectivity index (χ1n) is 0. The first-order chi connectivity index (χ1) is 0. The van der Waals surface area contributed by atoms with Crippen LogP contribution in [0.3, 0.4) is 0 Å². The number of rotatable bonds is 0. The Morgan fingerprint density at radius 2 is 0.500 bits per heavy atom. The third kappa shape index (κ3) is 9.38. The standard InChI is InChI=1S/CH4.3Sm/h1H4;;;. The maximum absolute atomic E-state index is 0. The van der Waals surface area contributed by atoms with Crippen molar-refractivity contribution in [2.75, 3.05) is 0 Å². The topological polar surface area (TPSA) is 0 Å².